The zero-order valence-electron chi connectivity index (χ0n) is 9.26. The standard InChI is InChI=1S/C10H12Br2O5/c1-15-9(13)3-4(10(14)16-2)8-6(12)5(11)7(3)17-8/h3-8H,1-2H3/t3-,4-,5-,6+,7+,8+/m0/s1. The van der Waals surface area contributed by atoms with E-state index >= 15 is 0 Å². The third kappa shape index (κ3) is 1.92. The lowest BCUT2D eigenvalue weighted by Gasteiger charge is -2.29. The first kappa shape index (κ1) is 13.3. The van der Waals surface area contributed by atoms with Crippen LogP contribution >= 0.6 is 31.9 Å². The molecule has 5 nitrogen and oxygen atoms in total. The summed E-state index contributed by atoms with van der Waals surface area (Å²) < 4.78 is 15.1. The van der Waals surface area contributed by atoms with Crippen LogP contribution in [0.2, 0.25) is 0 Å². The summed E-state index contributed by atoms with van der Waals surface area (Å²) in [5.41, 5.74) is 0. The minimum absolute atomic E-state index is 0.0162. The summed E-state index contributed by atoms with van der Waals surface area (Å²) in [6, 6.07) is 0. The number of hydrogen-bond donors (Lipinski definition) is 0. The summed E-state index contributed by atoms with van der Waals surface area (Å²) in [5, 5.41) is 0. The highest BCUT2D eigenvalue weighted by Crippen LogP contribution is 2.50. The number of fused-ring (bicyclic) bond motifs is 2. The van der Waals surface area contributed by atoms with Crippen molar-refractivity contribution in [3.05, 3.63) is 0 Å². The number of halogens is 2. The molecule has 6 atom stereocenters. The molecular weight excluding hydrogens is 360 g/mol. The Kier molecular flexibility index (Phi) is 3.80. The highest BCUT2D eigenvalue weighted by atomic mass is 79.9. The molecule has 2 aliphatic rings. The van der Waals surface area contributed by atoms with Gasteiger partial charge in [-0.05, 0) is 0 Å². The molecule has 2 fully saturated rings. The van der Waals surface area contributed by atoms with Crippen LogP contribution in [0.3, 0.4) is 0 Å². The minimum Gasteiger partial charge on any atom is -0.469 e. The van der Waals surface area contributed by atoms with E-state index in [1.165, 1.54) is 14.2 Å². The Labute approximate surface area is 115 Å². The lowest BCUT2D eigenvalue weighted by Crippen LogP contribution is -2.48. The molecule has 0 N–H and O–H groups in total. The summed E-state index contributed by atoms with van der Waals surface area (Å²) in [6.07, 6.45) is -0.721. The van der Waals surface area contributed by atoms with Crippen LogP contribution in [0.15, 0.2) is 0 Å². The zero-order chi connectivity index (χ0) is 12.7. The molecule has 2 bridgehead atoms. The van der Waals surface area contributed by atoms with Crippen LogP contribution in [0.1, 0.15) is 0 Å². The molecule has 7 heteroatoms. The van der Waals surface area contributed by atoms with Gasteiger partial charge in [0.1, 0.15) is 0 Å². The number of rotatable bonds is 2. The van der Waals surface area contributed by atoms with E-state index in [9.17, 15) is 9.59 Å². The predicted octanol–water partition coefficient (Wildman–Crippen LogP) is 0.873. The number of carbonyl (C=O) groups is 2. The Morgan fingerprint density at radius 2 is 1.29 bits per heavy atom. The zero-order valence-corrected chi connectivity index (χ0v) is 12.4. The first-order valence-electron chi connectivity index (χ1n) is 5.12. The van der Waals surface area contributed by atoms with E-state index in [4.69, 9.17) is 14.2 Å². The second kappa shape index (κ2) is 4.85. The number of hydrogen-bond acceptors (Lipinski definition) is 5. The van der Waals surface area contributed by atoms with Crippen LogP contribution in [0.25, 0.3) is 0 Å². The highest BCUT2D eigenvalue weighted by Gasteiger charge is 2.63. The van der Waals surface area contributed by atoms with Crippen LogP contribution in [0, 0.1) is 11.8 Å². The molecule has 0 aromatic carbocycles. The third-order valence-corrected chi connectivity index (χ3v) is 6.18. The topological polar surface area (TPSA) is 61.8 Å². The first-order chi connectivity index (χ1) is 8.02. The fourth-order valence-electron chi connectivity index (χ4n) is 2.50. The van der Waals surface area contributed by atoms with Crippen LogP contribution < -0.4 is 0 Å². The predicted molar refractivity (Wildman–Crippen MR) is 65.1 cm³/mol. The van der Waals surface area contributed by atoms with Gasteiger partial charge in [0.15, 0.2) is 0 Å². The van der Waals surface area contributed by atoms with Crippen LogP contribution in [0.5, 0.6) is 0 Å². The normalized spacial score (nSPS) is 43.5. The largest absolute Gasteiger partial charge is 0.469 e. The van der Waals surface area contributed by atoms with Gasteiger partial charge >= 0.3 is 11.9 Å². The first-order valence-corrected chi connectivity index (χ1v) is 6.95. The van der Waals surface area contributed by atoms with Gasteiger partial charge in [-0.2, -0.15) is 0 Å². The van der Waals surface area contributed by atoms with Gasteiger partial charge in [0, 0.05) is 0 Å². The van der Waals surface area contributed by atoms with E-state index in [-0.39, 0.29) is 21.9 Å². The third-order valence-electron chi connectivity index (χ3n) is 3.29. The minimum atomic E-state index is -0.601. The SMILES string of the molecule is COC(=O)[C@@H]1[C@H]2O[C@@H]([C@@H](Br)[C@H]2Br)[C@H]1C(=O)OC. The number of methoxy groups -OCH3 is 2. The fraction of sp³-hybridized carbons (Fsp3) is 0.800. The fourth-order valence-corrected chi connectivity index (χ4v) is 4.01. The quantitative estimate of drug-likeness (QED) is 0.532. The summed E-state index contributed by atoms with van der Waals surface area (Å²) in [4.78, 5) is 23.4. The van der Waals surface area contributed by atoms with E-state index in [0.717, 1.165) is 0 Å². The Hall–Kier alpha value is -0.140. The smallest absolute Gasteiger partial charge is 0.312 e. The molecule has 2 heterocycles. The molecule has 0 saturated carbocycles. The molecule has 0 unspecified atom stereocenters. The van der Waals surface area contributed by atoms with Crippen molar-refractivity contribution in [3.63, 3.8) is 0 Å². The molecule has 2 aliphatic heterocycles. The summed E-state index contributed by atoms with van der Waals surface area (Å²) >= 11 is 6.93. The molecule has 0 amide bonds. The van der Waals surface area contributed by atoms with Gasteiger partial charge in [-0.1, -0.05) is 31.9 Å². The Balaban J connectivity index is 2.29. The van der Waals surface area contributed by atoms with E-state index in [0.29, 0.717) is 0 Å². The van der Waals surface area contributed by atoms with Gasteiger partial charge in [0.2, 0.25) is 0 Å². The van der Waals surface area contributed by atoms with Gasteiger partial charge in [0.05, 0.1) is 47.9 Å². The second-order valence-corrected chi connectivity index (χ2v) is 6.17. The van der Waals surface area contributed by atoms with Crippen molar-refractivity contribution in [1.29, 1.82) is 0 Å². The van der Waals surface area contributed by atoms with E-state index in [2.05, 4.69) is 31.9 Å². The molecule has 0 aromatic rings. The van der Waals surface area contributed by atoms with Crippen molar-refractivity contribution < 1.29 is 23.8 Å². The van der Waals surface area contributed by atoms with Crippen LogP contribution in [0.4, 0.5) is 0 Å². The molecule has 0 spiro atoms. The number of esters is 2. The van der Waals surface area contributed by atoms with Crippen molar-refractivity contribution in [3.8, 4) is 0 Å². The van der Waals surface area contributed by atoms with Crippen LogP contribution in [-0.2, 0) is 23.8 Å². The molecule has 2 saturated heterocycles. The lowest BCUT2D eigenvalue weighted by atomic mass is 9.79. The van der Waals surface area contributed by atoms with Crippen molar-refractivity contribution in [2.75, 3.05) is 14.2 Å². The van der Waals surface area contributed by atoms with Crippen molar-refractivity contribution in [2.45, 2.75) is 21.9 Å². The number of ether oxygens (including phenoxy) is 3. The van der Waals surface area contributed by atoms with E-state index < -0.39 is 23.8 Å². The molecule has 17 heavy (non-hydrogen) atoms. The van der Waals surface area contributed by atoms with Gasteiger partial charge < -0.3 is 14.2 Å². The molecule has 96 valence electrons. The maximum Gasteiger partial charge on any atom is 0.312 e. The van der Waals surface area contributed by atoms with Crippen molar-refractivity contribution in [1.82, 2.24) is 0 Å². The average Bonchev–Trinajstić information content (AvgIpc) is 2.85. The summed E-state index contributed by atoms with van der Waals surface area (Å²) in [5.74, 6) is -2.07. The molecule has 0 aromatic heterocycles. The number of carbonyl (C=O) groups excluding carboxylic acids is 2. The molecule has 0 aliphatic carbocycles. The average molecular weight is 372 g/mol. The second-order valence-electron chi connectivity index (χ2n) is 4.05. The monoisotopic (exact) mass is 370 g/mol. The van der Waals surface area contributed by atoms with E-state index in [1.807, 2.05) is 0 Å². The van der Waals surface area contributed by atoms with E-state index in [1.54, 1.807) is 0 Å². The Bertz CT molecular complexity index is 316. The van der Waals surface area contributed by atoms with Gasteiger partial charge in [-0.3, -0.25) is 9.59 Å². The summed E-state index contributed by atoms with van der Waals surface area (Å²) in [6.45, 7) is 0. The Morgan fingerprint density at radius 3 is 1.59 bits per heavy atom. The molecule has 2 rings (SSSR count). The lowest BCUT2D eigenvalue weighted by molar-refractivity contribution is -0.157. The Morgan fingerprint density at radius 1 is 0.941 bits per heavy atom. The maximum absolute atomic E-state index is 11.7. The number of alkyl halides is 2. The van der Waals surface area contributed by atoms with Crippen molar-refractivity contribution in [2.24, 2.45) is 11.8 Å². The highest BCUT2D eigenvalue weighted by molar-refractivity contribution is 9.12. The van der Waals surface area contributed by atoms with Crippen LogP contribution in [-0.4, -0.2) is 48.0 Å². The maximum atomic E-state index is 11.7. The molecule has 0 radical (unpaired) electrons. The van der Waals surface area contributed by atoms with Gasteiger partial charge in [-0.25, -0.2) is 0 Å². The van der Waals surface area contributed by atoms with Gasteiger partial charge in [0.25, 0.3) is 0 Å². The summed E-state index contributed by atoms with van der Waals surface area (Å²) in [7, 11) is 2.61. The van der Waals surface area contributed by atoms with Crippen molar-refractivity contribution >= 4 is 43.8 Å². The van der Waals surface area contributed by atoms with Gasteiger partial charge in [-0.15, -0.1) is 0 Å². The molecular formula is C10H12Br2O5.